The van der Waals surface area contributed by atoms with Crippen molar-refractivity contribution in [2.24, 2.45) is 5.41 Å². The molecule has 60 valence electrons. The molecule has 0 amide bonds. The molecule has 0 aliphatic rings. The Labute approximate surface area is 62.6 Å². The van der Waals surface area contributed by atoms with Crippen molar-refractivity contribution in [3.05, 3.63) is 0 Å². The Morgan fingerprint density at radius 1 is 1.50 bits per heavy atom. The molecule has 10 heavy (non-hydrogen) atoms. The van der Waals surface area contributed by atoms with Gasteiger partial charge < -0.3 is 4.74 Å². The zero-order chi connectivity index (χ0) is 8.20. The van der Waals surface area contributed by atoms with Gasteiger partial charge in [-0.05, 0) is 13.3 Å². The molecule has 0 unspecified atom stereocenters. The molecule has 0 saturated heterocycles. The molecule has 0 aliphatic heterocycles. The van der Waals surface area contributed by atoms with E-state index in [2.05, 4.69) is 0 Å². The Morgan fingerprint density at radius 2 is 2.00 bits per heavy atom. The van der Waals surface area contributed by atoms with Crippen molar-refractivity contribution < 1.29 is 9.53 Å². The highest BCUT2D eigenvalue weighted by Gasteiger charge is 2.22. The Kier molecular flexibility index (Phi) is 3.58. The SMILES string of the molecule is COCCC(C)(C)C(C)=O. The second-order valence-corrected chi connectivity index (χ2v) is 3.18. The van der Waals surface area contributed by atoms with Gasteiger partial charge in [-0.3, -0.25) is 4.79 Å². The normalized spacial score (nSPS) is 11.6. The van der Waals surface area contributed by atoms with Crippen LogP contribution in [0.2, 0.25) is 0 Å². The minimum atomic E-state index is -0.212. The van der Waals surface area contributed by atoms with Crippen molar-refractivity contribution in [2.75, 3.05) is 13.7 Å². The number of Topliss-reactive ketones (excluding diaryl/α,β-unsaturated/α-hetero) is 1. The first kappa shape index (κ1) is 9.63. The van der Waals surface area contributed by atoms with Crippen LogP contribution in [0.3, 0.4) is 0 Å². The van der Waals surface area contributed by atoms with Crippen molar-refractivity contribution in [2.45, 2.75) is 27.2 Å². The van der Waals surface area contributed by atoms with Gasteiger partial charge >= 0.3 is 0 Å². The lowest BCUT2D eigenvalue weighted by Gasteiger charge is -2.19. The summed E-state index contributed by atoms with van der Waals surface area (Å²) >= 11 is 0. The van der Waals surface area contributed by atoms with Crippen molar-refractivity contribution in [1.82, 2.24) is 0 Å². The fourth-order valence-electron chi connectivity index (χ4n) is 0.533. The zero-order valence-electron chi connectivity index (χ0n) is 7.23. The minimum Gasteiger partial charge on any atom is -0.385 e. The average Bonchev–Trinajstić information content (AvgIpc) is 1.84. The Balaban J connectivity index is 3.75. The molecule has 0 aromatic carbocycles. The number of hydrogen-bond donors (Lipinski definition) is 0. The van der Waals surface area contributed by atoms with Gasteiger partial charge in [-0.2, -0.15) is 0 Å². The number of ketones is 1. The van der Waals surface area contributed by atoms with Gasteiger partial charge in [0.15, 0.2) is 0 Å². The van der Waals surface area contributed by atoms with Gasteiger partial charge in [-0.15, -0.1) is 0 Å². The molecule has 2 nitrogen and oxygen atoms in total. The minimum absolute atomic E-state index is 0.212. The third-order valence-electron chi connectivity index (χ3n) is 1.88. The quantitative estimate of drug-likeness (QED) is 0.599. The highest BCUT2D eigenvalue weighted by Crippen LogP contribution is 2.20. The topological polar surface area (TPSA) is 26.3 Å². The van der Waals surface area contributed by atoms with Gasteiger partial charge in [0, 0.05) is 19.1 Å². The van der Waals surface area contributed by atoms with Crippen molar-refractivity contribution >= 4 is 5.78 Å². The van der Waals surface area contributed by atoms with Gasteiger partial charge in [0.1, 0.15) is 5.78 Å². The Hall–Kier alpha value is -0.370. The van der Waals surface area contributed by atoms with Crippen molar-refractivity contribution in [3.63, 3.8) is 0 Å². The van der Waals surface area contributed by atoms with E-state index in [-0.39, 0.29) is 11.2 Å². The van der Waals surface area contributed by atoms with Gasteiger partial charge in [0.2, 0.25) is 0 Å². The van der Waals surface area contributed by atoms with Gasteiger partial charge in [-0.25, -0.2) is 0 Å². The molecule has 0 atom stereocenters. The number of ether oxygens (including phenoxy) is 1. The first-order valence-corrected chi connectivity index (χ1v) is 3.50. The van der Waals surface area contributed by atoms with E-state index in [1.807, 2.05) is 13.8 Å². The van der Waals surface area contributed by atoms with E-state index >= 15 is 0 Å². The summed E-state index contributed by atoms with van der Waals surface area (Å²) in [6, 6.07) is 0. The standard InChI is InChI=1S/C8H16O2/c1-7(9)8(2,3)5-6-10-4/h5-6H2,1-4H3. The number of hydrogen-bond acceptors (Lipinski definition) is 2. The molecule has 0 bridgehead atoms. The molecule has 0 fully saturated rings. The molecule has 0 saturated carbocycles. The van der Waals surface area contributed by atoms with Crippen molar-refractivity contribution in [1.29, 1.82) is 0 Å². The van der Waals surface area contributed by atoms with Gasteiger partial charge in [0.25, 0.3) is 0 Å². The van der Waals surface area contributed by atoms with Crippen LogP contribution in [0, 0.1) is 5.41 Å². The fourth-order valence-corrected chi connectivity index (χ4v) is 0.533. The summed E-state index contributed by atoms with van der Waals surface area (Å²) in [6.07, 6.45) is 0.804. The fraction of sp³-hybridized carbons (Fsp3) is 0.875. The second-order valence-electron chi connectivity index (χ2n) is 3.18. The highest BCUT2D eigenvalue weighted by atomic mass is 16.5. The Bertz CT molecular complexity index is 116. The summed E-state index contributed by atoms with van der Waals surface area (Å²) in [6.45, 7) is 6.16. The van der Waals surface area contributed by atoms with E-state index in [0.29, 0.717) is 6.61 Å². The predicted octanol–water partition coefficient (Wildman–Crippen LogP) is 1.64. The van der Waals surface area contributed by atoms with Gasteiger partial charge in [0.05, 0.1) is 0 Å². The maximum atomic E-state index is 10.9. The number of carbonyl (C=O) groups excluding carboxylic acids is 1. The van der Waals surface area contributed by atoms with E-state index in [1.54, 1.807) is 14.0 Å². The third kappa shape index (κ3) is 2.97. The maximum absolute atomic E-state index is 10.9. The Morgan fingerprint density at radius 3 is 2.30 bits per heavy atom. The van der Waals surface area contributed by atoms with Crippen LogP contribution in [-0.4, -0.2) is 19.5 Å². The summed E-state index contributed by atoms with van der Waals surface area (Å²) < 4.78 is 4.88. The van der Waals surface area contributed by atoms with E-state index in [4.69, 9.17) is 4.74 Å². The lowest BCUT2D eigenvalue weighted by Crippen LogP contribution is -2.22. The number of methoxy groups -OCH3 is 1. The monoisotopic (exact) mass is 144 g/mol. The molecule has 0 rings (SSSR count). The largest absolute Gasteiger partial charge is 0.385 e. The summed E-state index contributed by atoms with van der Waals surface area (Å²) in [4.78, 5) is 10.9. The molecule has 0 aromatic rings. The van der Waals surface area contributed by atoms with Crippen LogP contribution in [0.15, 0.2) is 0 Å². The molecule has 0 aromatic heterocycles. The smallest absolute Gasteiger partial charge is 0.135 e. The molecule has 0 spiro atoms. The van der Waals surface area contributed by atoms with Crippen LogP contribution in [0.5, 0.6) is 0 Å². The van der Waals surface area contributed by atoms with Crippen LogP contribution in [-0.2, 0) is 9.53 Å². The van der Waals surface area contributed by atoms with Crippen LogP contribution in [0.25, 0.3) is 0 Å². The van der Waals surface area contributed by atoms with Crippen LogP contribution in [0.4, 0.5) is 0 Å². The molecule has 0 radical (unpaired) electrons. The molecule has 0 N–H and O–H groups in total. The van der Waals surface area contributed by atoms with Crippen LogP contribution < -0.4 is 0 Å². The molecular weight excluding hydrogens is 128 g/mol. The van der Waals surface area contributed by atoms with Crippen LogP contribution in [0.1, 0.15) is 27.2 Å². The maximum Gasteiger partial charge on any atom is 0.135 e. The zero-order valence-corrected chi connectivity index (χ0v) is 7.23. The van der Waals surface area contributed by atoms with Gasteiger partial charge in [-0.1, -0.05) is 13.8 Å². The summed E-state index contributed by atoms with van der Waals surface area (Å²) in [5.74, 6) is 0.226. The summed E-state index contributed by atoms with van der Waals surface area (Å²) in [7, 11) is 1.65. The molecule has 0 heterocycles. The molecule has 0 aliphatic carbocycles. The third-order valence-corrected chi connectivity index (χ3v) is 1.88. The van der Waals surface area contributed by atoms with Crippen LogP contribution >= 0.6 is 0 Å². The highest BCUT2D eigenvalue weighted by molar-refractivity contribution is 5.81. The molecular formula is C8H16O2. The van der Waals surface area contributed by atoms with Crippen molar-refractivity contribution in [3.8, 4) is 0 Å². The van der Waals surface area contributed by atoms with E-state index < -0.39 is 0 Å². The average molecular weight is 144 g/mol. The number of carbonyl (C=O) groups is 1. The summed E-state index contributed by atoms with van der Waals surface area (Å²) in [5.41, 5.74) is -0.212. The lowest BCUT2D eigenvalue weighted by molar-refractivity contribution is -0.125. The van der Waals surface area contributed by atoms with E-state index in [1.165, 1.54) is 0 Å². The van der Waals surface area contributed by atoms with E-state index in [9.17, 15) is 4.79 Å². The second kappa shape index (κ2) is 3.71. The first-order valence-electron chi connectivity index (χ1n) is 3.50. The predicted molar refractivity (Wildman–Crippen MR) is 41.0 cm³/mol. The van der Waals surface area contributed by atoms with E-state index in [0.717, 1.165) is 6.42 Å². The number of rotatable bonds is 4. The summed E-state index contributed by atoms with van der Waals surface area (Å²) in [5, 5.41) is 0. The first-order chi connectivity index (χ1) is 4.50. The molecule has 2 heteroatoms. The lowest BCUT2D eigenvalue weighted by atomic mass is 9.86.